The molecule has 0 rings (SSSR count). The van der Waals surface area contributed by atoms with E-state index in [0.29, 0.717) is 0 Å². The van der Waals surface area contributed by atoms with Crippen LogP contribution in [0.1, 0.15) is 0 Å². The molecule has 0 nitrogen and oxygen atoms in total. The van der Waals surface area contributed by atoms with E-state index < -0.39 is 16.1 Å². The number of rotatable bonds is 4. The van der Waals surface area contributed by atoms with Crippen LogP contribution < -0.4 is 0 Å². The molecule has 0 spiro atoms. The molecule has 0 saturated heterocycles. The van der Waals surface area contributed by atoms with Gasteiger partial charge in [0, 0.05) is 0 Å². The maximum atomic E-state index is 2.49. The van der Waals surface area contributed by atoms with Crippen molar-refractivity contribution in [2.75, 3.05) is 0 Å². The van der Waals surface area contributed by atoms with Gasteiger partial charge in [-0.25, -0.2) is 0 Å². The molecule has 0 bridgehead atoms. The summed E-state index contributed by atoms with van der Waals surface area (Å²) in [6, 6.07) is 0. The van der Waals surface area contributed by atoms with E-state index in [-0.39, 0.29) is 0 Å². The SMILES string of the molecule is C[Si](C)(C)[CH2][Al+][CH2][Si](C)(C)C. The Morgan fingerprint density at radius 1 is 0.727 bits per heavy atom. The van der Waals surface area contributed by atoms with Crippen LogP contribution >= 0.6 is 0 Å². The van der Waals surface area contributed by atoms with Crippen LogP contribution in [-0.4, -0.2) is 31.4 Å². The van der Waals surface area contributed by atoms with Gasteiger partial charge in [-0.1, -0.05) is 0 Å². The van der Waals surface area contributed by atoms with Crippen LogP contribution in [0.2, 0.25) is 49.1 Å². The first-order valence-electron chi connectivity index (χ1n) is 4.52. The van der Waals surface area contributed by atoms with Gasteiger partial charge in [-0.2, -0.15) is 0 Å². The standard InChI is InChI=1S/2C4H11Si.Al/c2*1-5(2,3)4;/h2*1H2,2-4H3;/q;;+1. The molecular formula is C8H22AlSi2+. The molecule has 0 N–H and O–H groups in total. The van der Waals surface area contributed by atoms with Crippen LogP contribution in [0.4, 0.5) is 0 Å². The van der Waals surface area contributed by atoms with Crippen molar-refractivity contribution < 1.29 is 0 Å². The van der Waals surface area contributed by atoms with Gasteiger partial charge in [-0.05, 0) is 0 Å². The summed E-state index contributed by atoms with van der Waals surface area (Å²) in [7, 11) is -1.40. The minimum absolute atomic E-state index is 0.698. The molecule has 64 valence electrons. The molecule has 0 fully saturated rings. The van der Waals surface area contributed by atoms with E-state index in [0.717, 1.165) is 15.2 Å². The molecule has 0 aromatic heterocycles. The summed E-state index contributed by atoms with van der Waals surface area (Å²) in [5.74, 6) is 0. The average molecular weight is 201 g/mol. The normalized spacial score (nSPS) is 12.9. The summed E-state index contributed by atoms with van der Waals surface area (Å²) in [5, 5.41) is 0. The molecule has 3 heteroatoms. The molecule has 0 aromatic rings. The Morgan fingerprint density at radius 2 is 1.00 bits per heavy atom. The topological polar surface area (TPSA) is 0 Å². The van der Waals surface area contributed by atoms with Crippen molar-refractivity contribution in [2.24, 2.45) is 0 Å². The second-order valence-corrected chi connectivity index (χ2v) is 19.9. The van der Waals surface area contributed by atoms with Gasteiger partial charge in [0.15, 0.2) is 0 Å². The van der Waals surface area contributed by atoms with Gasteiger partial charge in [0.05, 0.1) is 0 Å². The van der Waals surface area contributed by atoms with Crippen molar-refractivity contribution >= 4 is 31.4 Å². The molecule has 0 radical (unpaired) electrons. The fourth-order valence-corrected chi connectivity index (χ4v) is 9.74. The molecule has 0 aliphatic rings. The molecular weight excluding hydrogens is 179 g/mol. The second-order valence-electron chi connectivity index (χ2n) is 5.82. The molecule has 0 aliphatic carbocycles. The molecule has 0 aliphatic heterocycles. The minimum atomic E-state index is -0.698. The zero-order chi connectivity index (χ0) is 9.12. The van der Waals surface area contributed by atoms with E-state index >= 15 is 0 Å². The zero-order valence-corrected chi connectivity index (χ0v) is 12.1. The van der Waals surface area contributed by atoms with E-state index in [1.165, 1.54) is 0 Å². The van der Waals surface area contributed by atoms with E-state index in [9.17, 15) is 0 Å². The van der Waals surface area contributed by atoms with Crippen molar-refractivity contribution in [1.82, 2.24) is 0 Å². The van der Waals surface area contributed by atoms with E-state index in [1.807, 2.05) is 0 Å². The van der Waals surface area contributed by atoms with Crippen LogP contribution in [0.15, 0.2) is 0 Å². The predicted molar refractivity (Wildman–Crippen MR) is 62.1 cm³/mol. The van der Waals surface area contributed by atoms with Gasteiger partial charge in [0.2, 0.25) is 0 Å². The first-order chi connectivity index (χ1) is 4.71. The van der Waals surface area contributed by atoms with Crippen molar-refractivity contribution in [3.63, 3.8) is 0 Å². The Labute approximate surface area is 80.5 Å². The molecule has 11 heavy (non-hydrogen) atoms. The van der Waals surface area contributed by atoms with Crippen LogP contribution in [0, 0.1) is 0 Å². The Kier molecular flexibility index (Phi) is 4.65. The first kappa shape index (κ1) is 12.0. The summed E-state index contributed by atoms with van der Waals surface area (Å²) in [6.07, 6.45) is 0. The second kappa shape index (κ2) is 4.27. The van der Waals surface area contributed by atoms with Crippen LogP contribution in [0.25, 0.3) is 0 Å². The summed E-state index contributed by atoms with van der Waals surface area (Å²) < 4.78 is 0. The summed E-state index contributed by atoms with van der Waals surface area (Å²) >= 11 is 0.792. The Balaban J connectivity index is 3.44. The molecule has 0 unspecified atom stereocenters. The monoisotopic (exact) mass is 201 g/mol. The van der Waals surface area contributed by atoms with Crippen molar-refractivity contribution in [3.05, 3.63) is 0 Å². The van der Waals surface area contributed by atoms with Crippen LogP contribution in [0.5, 0.6) is 0 Å². The zero-order valence-electron chi connectivity index (χ0n) is 8.99. The van der Waals surface area contributed by atoms with E-state index in [1.54, 1.807) is 9.81 Å². The quantitative estimate of drug-likeness (QED) is 0.612. The number of hydrogen-bond donors (Lipinski definition) is 0. The summed E-state index contributed by atoms with van der Waals surface area (Å²) in [6.45, 7) is 14.9. The van der Waals surface area contributed by atoms with Gasteiger partial charge in [0.25, 0.3) is 0 Å². The van der Waals surface area contributed by atoms with Crippen molar-refractivity contribution in [1.29, 1.82) is 0 Å². The fourth-order valence-electron chi connectivity index (χ4n) is 0.938. The average Bonchev–Trinajstić information content (AvgIpc) is 1.55. The van der Waals surface area contributed by atoms with Crippen molar-refractivity contribution in [2.45, 2.75) is 49.1 Å². The molecule has 0 heterocycles. The van der Waals surface area contributed by atoms with Gasteiger partial charge in [0.1, 0.15) is 0 Å². The van der Waals surface area contributed by atoms with E-state index in [4.69, 9.17) is 0 Å². The van der Waals surface area contributed by atoms with Crippen molar-refractivity contribution in [3.8, 4) is 0 Å². The molecule has 0 aromatic carbocycles. The third-order valence-electron chi connectivity index (χ3n) is 1.51. The predicted octanol–water partition coefficient (Wildman–Crippen LogP) is 3.28. The fraction of sp³-hybridized carbons (Fsp3) is 1.00. The Hall–Kier alpha value is 0.966. The number of hydrogen-bond acceptors (Lipinski definition) is 0. The first-order valence-corrected chi connectivity index (χ1v) is 13.6. The van der Waals surface area contributed by atoms with Gasteiger partial charge >= 0.3 is 80.5 Å². The van der Waals surface area contributed by atoms with Gasteiger partial charge in [-0.15, -0.1) is 0 Å². The Morgan fingerprint density at radius 3 is 1.18 bits per heavy atom. The summed E-state index contributed by atoms with van der Waals surface area (Å²) in [4.78, 5) is 3.22. The summed E-state index contributed by atoms with van der Waals surface area (Å²) in [5.41, 5.74) is 0. The maximum absolute atomic E-state index is 2.49. The molecule has 0 amide bonds. The van der Waals surface area contributed by atoms with Crippen LogP contribution in [-0.2, 0) is 0 Å². The molecule has 0 atom stereocenters. The third kappa shape index (κ3) is 11.0. The van der Waals surface area contributed by atoms with Crippen LogP contribution in [0.3, 0.4) is 0 Å². The molecule has 0 saturated carbocycles. The Bertz CT molecular complexity index is 96.2. The third-order valence-corrected chi connectivity index (χ3v) is 13.6. The van der Waals surface area contributed by atoms with E-state index in [2.05, 4.69) is 39.3 Å². The van der Waals surface area contributed by atoms with Gasteiger partial charge < -0.3 is 0 Å². The van der Waals surface area contributed by atoms with Gasteiger partial charge in [-0.3, -0.25) is 0 Å².